The molecule has 2 aromatic carbocycles. The van der Waals surface area contributed by atoms with E-state index in [2.05, 4.69) is 15.5 Å². The number of rotatable bonds is 5. The van der Waals surface area contributed by atoms with E-state index in [0.29, 0.717) is 28.7 Å². The lowest BCUT2D eigenvalue weighted by Gasteiger charge is -2.10. The molecule has 7 nitrogen and oxygen atoms in total. The number of para-hydroxylation sites is 1. The number of ketones is 1. The molecule has 2 aromatic heterocycles. The maximum Gasteiger partial charge on any atom is 0.264 e. The molecule has 140 valence electrons. The number of hydrogen-bond acceptors (Lipinski definition) is 5. The van der Waals surface area contributed by atoms with Gasteiger partial charge in [0.15, 0.2) is 5.78 Å². The van der Waals surface area contributed by atoms with E-state index in [4.69, 9.17) is 4.42 Å². The van der Waals surface area contributed by atoms with E-state index < -0.39 is 0 Å². The van der Waals surface area contributed by atoms with Gasteiger partial charge in [-0.25, -0.2) is 0 Å². The van der Waals surface area contributed by atoms with Crippen LogP contribution >= 0.6 is 0 Å². The molecule has 0 saturated heterocycles. The van der Waals surface area contributed by atoms with Crippen LogP contribution in [0.2, 0.25) is 0 Å². The van der Waals surface area contributed by atoms with Gasteiger partial charge in [-0.2, -0.15) is 0 Å². The Morgan fingerprint density at radius 1 is 1.07 bits per heavy atom. The van der Waals surface area contributed by atoms with Crippen molar-refractivity contribution < 1.29 is 14.0 Å². The summed E-state index contributed by atoms with van der Waals surface area (Å²) in [5.74, 6) is 0.611. The number of anilines is 1. The molecule has 0 radical (unpaired) electrons. The Balaban J connectivity index is 1.63. The van der Waals surface area contributed by atoms with Crippen molar-refractivity contribution >= 4 is 28.3 Å². The second-order valence-corrected chi connectivity index (χ2v) is 6.48. The molecule has 0 unspecified atom stereocenters. The number of carbonyl (C=O) groups is 2. The smallest absolute Gasteiger partial charge is 0.264 e. The van der Waals surface area contributed by atoms with Crippen molar-refractivity contribution in [2.24, 2.45) is 0 Å². The van der Waals surface area contributed by atoms with E-state index >= 15 is 0 Å². The van der Waals surface area contributed by atoms with Crippen LogP contribution in [0.4, 0.5) is 5.69 Å². The lowest BCUT2D eigenvalue weighted by atomic mass is 10.1. The average Bonchev–Trinajstić information content (AvgIpc) is 3.26. The zero-order chi connectivity index (χ0) is 19.7. The Morgan fingerprint density at radius 2 is 1.82 bits per heavy atom. The van der Waals surface area contributed by atoms with Gasteiger partial charge in [0.2, 0.25) is 11.8 Å². The molecule has 1 N–H and O–H groups in total. The summed E-state index contributed by atoms with van der Waals surface area (Å²) < 4.78 is 7.42. The molecule has 0 aliphatic carbocycles. The summed E-state index contributed by atoms with van der Waals surface area (Å²) in [7, 11) is 0. The topological polar surface area (TPSA) is 90.0 Å². The van der Waals surface area contributed by atoms with Crippen LogP contribution in [0.25, 0.3) is 22.5 Å². The van der Waals surface area contributed by atoms with Crippen LogP contribution in [-0.4, -0.2) is 26.5 Å². The standard InChI is InChI=1S/C21H18N4O3/c1-13(26)15-7-9-17(10-8-15)22-20(27)12-25-18-6-4-3-5-16(18)11-19(25)21-24-23-14(2)28-21/h3-11H,12H2,1-2H3,(H,22,27). The molecule has 0 spiro atoms. The van der Waals surface area contributed by atoms with Gasteiger partial charge in [-0.3, -0.25) is 9.59 Å². The fraction of sp³-hybridized carbons (Fsp3) is 0.143. The van der Waals surface area contributed by atoms with E-state index in [-0.39, 0.29) is 18.2 Å². The summed E-state index contributed by atoms with van der Waals surface area (Å²) in [5.41, 5.74) is 2.81. The predicted molar refractivity (Wildman–Crippen MR) is 105 cm³/mol. The Labute approximate surface area is 161 Å². The zero-order valence-electron chi connectivity index (χ0n) is 15.5. The molecular formula is C21H18N4O3. The highest BCUT2D eigenvalue weighted by Crippen LogP contribution is 2.27. The third-order valence-electron chi connectivity index (χ3n) is 4.43. The number of fused-ring (bicyclic) bond motifs is 1. The van der Waals surface area contributed by atoms with Crippen molar-refractivity contribution in [3.8, 4) is 11.6 Å². The third-order valence-corrected chi connectivity index (χ3v) is 4.43. The first-order valence-corrected chi connectivity index (χ1v) is 8.81. The lowest BCUT2D eigenvalue weighted by molar-refractivity contribution is -0.116. The first-order chi connectivity index (χ1) is 13.5. The Bertz CT molecular complexity index is 1170. The first-order valence-electron chi connectivity index (χ1n) is 8.81. The van der Waals surface area contributed by atoms with E-state index in [1.165, 1.54) is 6.92 Å². The molecule has 28 heavy (non-hydrogen) atoms. The van der Waals surface area contributed by atoms with Crippen LogP contribution in [0.5, 0.6) is 0 Å². The fourth-order valence-electron chi connectivity index (χ4n) is 3.09. The van der Waals surface area contributed by atoms with Gasteiger partial charge in [-0.15, -0.1) is 10.2 Å². The number of nitrogens with zero attached hydrogens (tertiary/aromatic N) is 3. The van der Waals surface area contributed by atoms with Crippen molar-refractivity contribution in [3.05, 3.63) is 66.1 Å². The minimum absolute atomic E-state index is 0.0174. The molecule has 1 amide bonds. The highest BCUT2D eigenvalue weighted by Gasteiger charge is 2.17. The summed E-state index contributed by atoms with van der Waals surface area (Å²) in [6.07, 6.45) is 0. The van der Waals surface area contributed by atoms with Gasteiger partial charge in [-0.1, -0.05) is 18.2 Å². The minimum atomic E-state index is -0.200. The quantitative estimate of drug-likeness (QED) is 0.536. The predicted octanol–water partition coefficient (Wildman–Crippen LogP) is 3.84. The van der Waals surface area contributed by atoms with Gasteiger partial charge in [0.05, 0.1) is 0 Å². The lowest BCUT2D eigenvalue weighted by Crippen LogP contribution is -2.19. The van der Waals surface area contributed by atoms with Crippen LogP contribution in [0, 0.1) is 6.92 Å². The Kier molecular flexibility index (Phi) is 4.49. The number of nitrogens with one attached hydrogen (secondary N) is 1. The van der Waals surface area contributed by atoms with Gasteiger partial charge in [0, 0.05) is 29.1 Å². The van der Waals surface area contributed by atoms with Crippen molar-refractivity contribution in [2.75, 3.05) is 5.32 Å². The monoisotopic (exact) mass is 374 g/mol. The summed E-state index contributed by atoms with van der Waals surface area (Å²) in [6.45, 7) is 3.31. The van der Waals surface area contributed by atoms with Crippen molar-refractivity contribution in [1.29, 1.82) is 0 Å². The molecule has 0 aliphatic heterocycles. The average molecular weight is 374 g/mol. The number of aromatic nitrogens is 3. The second kappa shape index (κ2) is 7.11. The molecule has 0 aliphatic rings. The van der Waals surface area contributed by atoms with Crippen molar-refractivity contribution in [3.63, 3.8) is 0 Å². The molecule has 0 fully saturated rings. The molecule has 7 heteroatoms. The second-order valence-electron chi connectivity index (χ2n) is 6.48. The molecule has 2 heterocycles. The van der Waals surface area contributed by atoms with Crippen LogP contribution in [-0.2, 0) is 11.3 Å². The molecular weight excluding hydrogens is 356 g/mol. The molecule has 0 saturated carbocycles. The van der Waals surface area contributed by atoms with Gasteiger partial charge in [0.25, 0.3) is 5.89 Å². The number of Topliss-reactive ketones (excluding diaryl/α,β-unsaturated/α-hetero) is 1. The molecule has 0 bridgehead atoms. The van der Waals surface area contributed by atoms with Crippen LogP contribution in [0.3, 0.4) is 0 Å². The van der Waals surface area contributed by atoms with Gasteiger partial charge >= 0.3 is 0 Å². The fourth-order valence-corrected chi connectivity index (χ4v) is 3.09. The number of hydrogen-bond donors (Lipinski definition) is 1. The maximum atomic E-state index is 12.7. The largest absolute Gasteiger partial charge is 0.420 e. The van der Waals surface area contributed by atoms with Crippen molar-refractivity contribution in [1.82, 2.24) is 14.8 Å². The Morgan fingerprint density at radius 3 is 2.50 bits per heavy atom. The first kappa shape index (κ1) is 17.7. The van der Waals surface area contributed by atoms with E-state index in [9.17, 15) is 9.59 Å². The highest BCUT2D eigenvalue weighted by atomic mass is 16.4. The molecule has 4 rings (SSSR count). The summed E-state index contributed by atoms with van der Waals surface area (Å²) >= 11 is 0. The SMILES string of the molecule is CC(=O)c1ccc(NC(=O)Cn2c(-c3nnc(C)o3)cc3ccccc32)cc1. The summed E-state index contributed by atoms with van der Waals surface area (Å²) in [4.78, 5) is 24.0. The Hall–Kier alpha value is -3.74. The summed E-state index contributed by atoms with van der Waals surface area (Å²) in [6, 6.07) is 16.5. The van der Waals surface area contributed by atoms with Crippen LogP contribution in [0.1, 0.15) is 23.2 Å². The number of carbonyl (C=O) groups excluding carboxylic acids is 2. The van der Waals surface area contributed by atoms with Gasteiger partial charge < -0.3 is 14.3 Å². The van der Waals surface area contributed by atoms with Crippen LogP contribution < -0.4 is 5.32 Å². The molecule has 0 atom stereocenters. The number of aryl methyl sites for hydroxylation is 1. The van der Waals surface area contributed by atoms with Gasteiger partial charge in [0.1, 0.15) is 12.2 Å². The van der Waals surface area contributed by atoms with Crippen molar-refractivity contribution in [2.45, 2.75) is 20.4 Å². The summed E-state index contributed by atoms with van der Waals surface area (Å²) in [5, 5.41) is 11.8. The number of benzene rings is 2. The van der Waals surface area contributed by atoms with E-state index in [0.717, 1.165) is 10.9 Å². The minimum Gasteiger partial charge on any atom is -0.420 e. The van der Waals surface area contributed by atoms with Gasteiger partial charge in [-0.05, 0) is 43.3 Å². The van der Waals surface area contributed by atoms with Crippen LogP contribution in [0.15, 0.2) is 59.0 Å². The highest BCUT2D eigenvalue weighted by molar-refractivity contribution is 5.96. The zero-order valence-corrected chi connectivity index (χ0v) is 15.5. The maximum absolute atomic E-state index is 12.7. The normalized spacial score (nSPS) is 10.9. The third kappa shape index (κ3) is 3.42. The molecule has 4 aromatic rings. The number of amides is 1. The van der Waals surface area contributed by atoms with E-state index in [1.54, 1.807) is 31.2 Å². The van der Waals surface area contributed by atoms with E-state index in [1.807, 2.05) is 34.9 Å².